The Morgan fingerprint density at radius 2 is 2.00 bits per heavy atom. The fourth-order valence-corrected chi connectivity index (χ4v) is 2.55. The third-order valence-electron chi connectivity index (χ3n) is 4.00. The van der Waals surface area contributed by atoms with E-state index in [2.05, 4.69) is 0 Å². The number of carboxylic acids is 1. The van der Waals surface area contributed by atoms with Gasteiger partial charge in [-0.15, -0.1) is 0 Å². The summed E-state index contributed by atoms with van der Waals surface area (Å²) < 4.78 is 2.03. The number of hydrogen-bond acceptors (Lipinski definition) is 2. The molecule has 0 saturated carbocycles. The standard InChI is InChI=1S/C17H22N2O3/c1-3-13(2)19(12-17(21)22)16(20)9-11-18-10-8-14-6-4-5-7-15(14)18/h4-8,10,13H,3,9,11-12H2,1-2H3,(H,21,22). The minimum absolute atomic E-state index is 0.0648. The van der Waals surface area contributed by atoms with Crippen molar-refractivity contribution in [2.45, 2.75) is 39.3 Å². The van der Waals surface area contributed by atoms with Gasteiger partial charge in [-0.25, -0.2) is 0 Å². The second-order valence-corrected chi connectivity index (χ2v) is 5.49. The van der Waals surface area contributed by atoms with Crippen LogP contribution in [0.1, 0.15) is 26.7 Å². The number of carboxylic acid groups (broad SMARTS) is 1. The molecule has 0 fully saturated rings. The zero-order valence-electron chi connectivity index (χ0n) is 13.0. The molecule has 0 bridgehead atoms. The van der Waals surface area contributed by atoms with Crippen LogP contribution in [0.2, 0.25) is 0 Å². The number of carbonyl (C=O) groups excluding carboxylic acids is 1. The molecule has 1 aromatic heterocycles. The summed E-state index contributed by atoms with van der Waals surface area (Å²) in [6.07, 6.45) is 3.00. The molecule has 1 unspecified atom stereocenters. The Kier molecular flexibility index (Phi) is 5.20. The van der Waals surface area contributed by atoms with E-state index in [9.17, 15) is 9.59 Å². The molecule has 0 aliphatic carbocycles. The lowest BCUT2D eigenvalue weighted by atomic mass is 10.2. The van der Waals surface area contributed by atoms with Crippen LogP contribution in [0, 0.1) is 0 Å². The molecule has 5 nitrogen and oxygen atoms in total. The molecule has 1 atom stereocenters. The smallest absolute Gasteiger partial charge is 0.323 e. The van der Waals surface area contributed by atoms with Crippen LogP contribution in [0.3, 0.4) is 0 Å². The Morgan fingerprint density at radius 1 is 1.27 bits per heavy atom. The molecule has 0 aliphatic heterocycles. The van der Waals surface area contributed by atoms with E-state index in [1.807, 2.05) is 54.9 Å². The summed E-state index contributed by atoms with van der Waals surface area (Å²) in [5.74, 6) is -1.09. The molecule has 2 rings (SSSR count). The highest BCUT2D eigenvalue weighted by Gasteiger charge is 2.21. The fourth-order valence-electron chi connectivity index (χ4n) is 2.55. The first-order chi connectivity index (χ1) is 10.5. The zero-order chi connectivity index (χ0) is 16.1. The van der Waals surface area contributed by atoms with Gasteiger partial charge < -0.3 is 14.6 Å². The van der Waals surface area contributed by atoms with Gasteiger partial charge in [-0.1, -0.05) is 25.1 Å². The molecule has 1 aromatic carbocycles. The van der Waals surface area contributed by atoms with Crippen molar-refractivity contribution in [3.05, 3.63) is 36.5 Å². The van der Waals surface area contributed by atoms with Crippen LogP contribution < -0.4 is 0 Å². The van der Waals surface area contributed by atoms with E-state index in [0.717, 1.165) is 17.3 Å². The molecular weight excluding hydrogens is 280 g/mol. The maximum atomic E-state index is 12.4. The molecule has 1 amide bonds. The molecule has 1 N–H and O–H groups in total. The number of amides is 1. The first-order valence-electron chi connectivity index (χ1n) is 7.58. The van der Waals surface area contributed by atoms with Crippen LogP contribution in [0.15, 0.2) is 36.5 Å². The first kappa shape index (κ1) is 16.1. The molecule has 2 aromatic rings. The summed E-state index contributed by atoms with van der Waals surface area (Å²) in [5.41, 5.74) is 1.09. The topological polar surface area (TPSA) is 62.5 Å². The van der Waals surface area contributed by atoms with Crippen molar-refractivity contribution in [1.82, 2.24) is 9.47 Å². The van der Waals surface area contributed by atoms with Crippen LogP contribution in [-0.2, 0) is 16.1 Å². The predicted molar refractivity (Wildman–Crippen MR) is 85.7 cm³/mol. The molecule has 22 heavy (non-hydrogen) atoms. The number of fused-ring (bicyclic) bond motifs is 1. The third kappa shape index (κ3) is 3.67. The van der Waals surface area contributed by atoms with E-state index in [1.165, 1.54) is 4.90 Å². The van der Waals surface area contributed by atoms with Gasteiger partial charge in [-0.05, 0) is 30.9 Å². The van der Waals surface area contributed by atoms with Crippen molar-refractivity contribution in [3.63, 3.8) is 0 Å². The Morgan fingerprint density at radius 3 is 2.68 bits per heavy atom. The van der Waals surface area contributed by atoms with Crippen molar-refractivity contribution in [2.24, 2.45) is 0 Å². The lowest BCUT2D eigenvalue weighted by Crippen LogP contribution is -2.42. The van der Waals surface area contributed by atoms with Crippen molar-refractivity contribution in [2.75, 3.05) is 6.54 Å². The van der Waals surface area contributed by atoms with E-state index < -0.39 is 5.97 Å². The van der Waals surface area contributed by atoms with Gasteiger partial charge in [0.05, 0.1) is 0 Å². The number of para-hydroxylation sites is 1. The number of hydrogen-bond donors (Lipinski definition) is 1. The van der Waals surface area contributed by atoms with Gasteiger partial charge in [-0.2, -0.15) is 0 Å². The number of nitrogens with zero attached hydrogens (tertiary/aromatic N) is 2. The van der Waals surface area contributed by atoms with Gasteiger partial charge in [-0.3, -0.25) is 9.59 Å². The molecule has 0 aliphatic rings. The lowest BCUT2D eigenvalue weighted by Gasteiger charge is -2.27. The Balaban J connectivity index is 2.05. The van der Waals surface area contributed by atoms with E-state index in [1.54, 1.807) is 0 Å². The summed E-state index contributed by atoms with van der Waals surface area (Å²) in [6, 6.07) is 9.95. The Bertz CT molecular complexity index is 663. The molecular formula is C17H22N2O3. The van der Waals surface area contributed by atoms with E-state index in [4.69, 9.17) is 5.11 Å². The van der Waals surface area contributed by atoms with Crippen LogP contribution >= 0.6 is 0 Å². The summed E-state index contributed by atoms with van der Waals surface area (Å²) in [4.78, 5) is 24.8. The van der Waals surface area contributed by atoms with Gasteiger partial charge >= 0.3 is 5.97 Å². The molecule has 0 spiro atoms. The highest BCUT2D eigenvalue weighted by molar-refractivity contribution is 5.82. The maximum absolute atomic E-state index is 12.4. The predicted octanol–water partition coefficient (Wildman–Crippen LogP) is 2.74. The number of benzene rings is 1. The zero-order valence-corrected chi connectivity index (χ0v) is 13.0. The minimum atomic E-state index is -0.972. The fraction of sp³-hybridized carbons (Fsp3) is 0.412. The molecule has 0 radical (unpaired) electrons. The van der Waals surface area contributed by atoms with Crippen LogP contribution in [0.5, 0.6) is 0 Å². The summed E-state index contributed by atoms with van der Waals surface area (Å²) in [7, 11) is 0. The second kappa shape index (κ2) is 7.11. The second-order valence-electron chi connectivity index (χ2n) is 5.49. The highest BCUT2D eigenvalue weighted by atomic mass is 16.4. The Hall–Kier alpha value is -2.30. The first-order valence-corrected chi connectivity index (χ1v) is 7.58. The molecule has 0 saturated heterocycles. The van der Waals surface area contributed by atoms with E-state index >= 15 is 0 Å². The largest absolute Gasteiger partial charge is 0.480 e. The normalized spacial score (nSPS) is 12.3. The number of aromatic nitrogens is 1. The van der Waals surface area contributed by atoms with Crippen LogP contribution in [-0.4, -0.2) is 39.0 Å². The summed E-state index contributed by atoms with van der Waals surface area (Å²) >= 11 is 0. The van der Waals surface area contributed by atoms with Crippen molar-refractivity contribution >= 4 is 22.8 Å². The monoisotopic (exact) mass is 302 g/mol. The number of aryl methyl sites for hydroxylation is 1. The molecule has 5 heteroatoms. The van der Waals surface area contributed by atoms with Crippen molar-refractivity contribution < 1.29 is 14.7 Å². The SMILES string of the molecule is CCC(C)N(CC(=O)O)C(=O)CCn1ccc2ccccc21. The van der Waals surface area contributed by atoms with Crippen molar-refractivity contribution in [3.8, 4) is 0 Å². The quantitative estimate of drug-likeness (QED) is 0.855. The van der Waals surface area contributed by atoms with Crippen LogP contribution in [0.4, 0.5) is 0 Å². The van der Waals surface area contributed by atoms with Gasteiger partial charge in [0.15, 0.2) is 0 Å². The average molecular weight is 302 g/mol. The van der Waals surface area contributed by atoms with Gasteiger partial charge in [0.1, 0.15) is 6.54 Å². The summed E-state index contributed by atoms with van der Waals surface area (Å²) in [5, 5.41) is 10.1. The number of rotatable bonds is 7. The van der Waals surface area contributed by atoms with Gasteiger partial charge in [0.2, 0.25) is 5.91 Å². The maximum Gasteiger partial charge on any atom is 0.323 e. The van der Waals surface area contributed by atoms with Crippen molar-refractivity contribution in [1.29, 1.82) is 0 Å². The molecule has 118 valence electrons. The van der Waals surface area contributed by atoms with E-state index in [0.29, 0.717) is 13.0 Å². The summed E-state index contributed by atoms with van der Waals surface area (Å²) in [6.45, 7) is 4.15. The minimum Gasteiger partial charge on any atom is -0.480 e. The van der Waals surface area contributed by atoms with E-state index in [-0.39, 0.29) is 18.5 Å². The molecule has 1 heterocycles. The lowest BCUT2D eigenvalue weighted by molar-refractivity contribution is -0.146. The number of carbonyl (C=O) groups is 2. The number of aliphatic carboxylic acids is 1. The third-order valence-corrected chi connectivity index (χ3v) is 4.00. The highest BCUT2D eigenvalue weighted by Crippen LogP contribution is 2.16. The van der Waals surface area contributed by atoms with Crippen LogP contribution in [0.25, 0.3) is 10.9 Å². The van der Waals surface area contributed by atoms with Gasteiger partial charge in [0, 0.05) is 30.7 Å². The average Bonchev–Trinajstić information content (AvgIpc) is 2.92. The Labute approximate surface area is 130 Å². The van der Waals surface area contributed by atoms with Gasteiger partial charge in [0.25, 0.3) is 0 Å².